The van der Waals surface area contributed by atoms with Crippen LogP contribution in [0.25, 0.3) is 0 Å². The van der Waals surface area contributed by atoms with Crippen molar-refractivity contribution in [2.45, 2.75) is 26.8 Å². The molecule has 20 heavy (non-hydrogen) atoms. The lowest BCUT2D eigenvalue weighted by Gasteiger charge is -2.15. The van der Waals surface area contributed by atoms with Crippen molar-refractivity contribution >= 4 is 11.7 Å². The summed E-state index contributed by atoms with van der Waals surface area (Å²) in [6.45, 7) is 6.17. The predicted molar refractivity (Wildman–Crippen MR) is 74.2 cm³/mol. The lowest BCUT2D eigenvalue weighted by Crippen LogP contribution is -2.39. The monoisotopic (exact) mass is 277 g/mol. The number of nitrogens with one attached hydrogen (secondary N) is 2. The molecule has 1 amide bonds. The zero-order chi connectivity index (χ0) is 15.1. The maximum absolute atomic E-state index is 11.8. The summed E-state index contributed by atoms with van der Waals surface area (Å²) in [6.07, 6.45) is 0. The molecule has 0 bridgehead atoms. The summed E-state index contributed by atoms with van der Waals surface area (Å²) >= 11 is 0. The van der Waals surface area contributed by atoms with E-state index in [2.05, 4.69) is 26.9 Å². The van der Waals surface area contributed by atoms with Crippen LogP contribution in [0.1, 0.15) is 23.7 Å². The highest BCUT2D eigenvalue weighted by atomic mass is 16.5. The van der Waals surface area contributed by atoms with E-state index in [1.165, 1.54) is 0 Å². The van der Waals surface area contributed by atoms with Gasteiger partial charge in [-0.15, -0.1) is 5.10 Å². The first-order chi connectivity index (χ1) is 9.51. The molecule has 1 rings (SSSR count). The molecule has 108 valence electrons. The SMILES string of the molecule is COCCNC(=O)C(C)Nc1nnc(C)c(C)c1C#N. The zero-order valence-electron chi connectivity index (χ0n) is 12.1. The van der Waals surface area contributed by atoms with Crippen molar-refractivity contribution in [1.82, 2.24) is 15.5 Å². The summed E-state index contributed by atoms with van der Waals surface area (Å²) < 4.78 is 4.86. The number of nitrogens with zero attached hydrogens (tertiary/aromatic N) is 3. The molecule has 0 aliphatic rings. The van der Waals surface area contributed by atoms with Gasteiger partial charge in [-0.3, -0.25) is 4.79 Å². The number of anilines is 1. The van der Waals surface area contributed by atoms with Crippen molar-refractivity contribution in [3.05, 3.63) is 16.8 Å². The number of methoxy groups -OCH3 is 1. The van der Waals surface area contributed by atoms with Gasteiger partial charge in [0.25, 0.3) is 0 Å². The summed E-state index contributed by atoms with van der Waals surface area (Å²) in [4.78, 5) is 11.8. The summed E-state index contributed by atoms with van der Waals surface area (Å²) in [5, 5.41) is 22.7. The van der Waals surface area contributed by atoms with E-state index in [0.29, 0.717) is 30.2 Å². The van der Waals surface area contributed by atoms with E-state index >= 15 is 0 Å². The van der Waals surface area contributed by atoms with Crippen LogP contribution < -0.4 is 10.6 Å². The minimum atomic E-state index is -0.518. The maximum atomic E-state index is 11.8. The van der Waals surface area contributed by atoms with Crippen LogP contribution in [0.3, 0.4) is 0 Å². The van der Waals surface area contributed by atoms with E-state index < -0.39 is 6.04 Å². The zero-order valence-corrected chi connectivity index (χ0v) is 12.1. The van der Waals surface area contributed by atoms with E-state index in [1.807, 2.05) is 0 Å². The lowest BCUT2D eigenvalue weighted by atomic mass is 10.1. The average molecular weight is 277 g/mol. The first-order valence-electron chi connectivity index (χ1n) is 6.28. The number of carbonyl (C=O) groups is 1. The Bertz CT molecular complexity index is 524. The molecule has 0 radical (unpaired) electrons. The first kappa shape index (κ1) is 15.9. The fraction of sp³-hybridized carbons (Fsp3) is 0.538. The molecule has 0 saturated heterocycles. The largest absolute Gasteiger partial charge is 0.383 e. The molecule has 1 heterocycles. The van der Waals surface area contributed by atoms with Gasteiger partial charge in [0.2, 0.25) is 5.91 Å². The quantitative estimate of drug-likeness (QED) is 0.736. The Morgan fingerprint density at radius 2 is 2.15 bits per heavy atom. The predicted octanol–water partition coefficient (Wildman–Crippen LogP) is 0.528. The first-order valence-corrected chi connectivity index (χ1v) is 6.28. The van der Waals surface area contributed by atoms with Gasteiger partial charge in [0.1, 0.15) is 17.7 Å². The van der Waals surface area contributed by atoms with Gasteiger partial charge in [-0.25, -0.2) is 0 Å². The van der Waals surface area contributed by atoms with E-state index in [9.17, 15) is 10.1 Å². The average Bonchev–Trinajstić information content (AvgIpc) is 2.43. The molecule has 1 aromatic rings. The summed E-state index contributed by atoms with van der Waals surface area (Å²) in [5.74, 6) is 0.135. The van der Waals surface area contributed by atoms with Crippen molar-refractivity contribution in [3.63, 3.8) is 0 Å². The number of carbonyl (C=O) groups excluding carboxylic acids is 1. The molecule has 0 aliphatic carbocycles. The Balaban J connectivity index is 2.76. The van der Waals surface area contributed by atoms with Crippen LogP contribution in [0.4, 0.5) is 5.82 Å². The smallest absolute Gasteiger partial charge is 0.242 e. The Morgan fingerprint density at radius 3 is 2.75 bits per heavy atom. The van der Waals surface area contributed by atoms with Gasteiger partial charge in [0, 0.05) is 13.7 Å². The lowest BCUT2D eigenvalue weighted by molar-refractivity contribution is -0.121. The van der Waals surface area contributed by atoms with Crippen LogP contribution in [0, 0.1) is 25.2 Å². The molecule has 7 nitrogen and oxygen atoms in total. The Hall–Kier alpha value is -2.20. The van der Waals surface area contributed by atoms with Gasteiger partial charge in [-0.1, -0.05) is 0 Å². The Labute approximate surface area is 118 Å². The number of nitriles is 1. The normalized spacial score (nSPS) is 11.6. The standard InChI is InChI=1S/C13H19N5O2/c1-8-9(2)17-18-12(11(8)7-14)16-10(3)13(19)15-5-6-20-4/h10H,5-6H2,1-4H3,(H,15,19)(H,16,18). The summed E-state index contributed by atoms with van der Waals surface area (Å²) in [7, 11) is 1.57. The van der Waals surface area contributed by atoms with Crippen LogP contribution in [-0.4, -0.2) is 42.4 Å². The number of rotatable bonds is 6. The molecule has 0 fully saturated rings. The molecule has 1 unspecified atom stereocenters. The van der Waals surface area contributed by atoms with Gasteiger partial charge in [0.15, 0.2) is 5.82 Å². The van der Waals surface area contributed by atoms with E-state index in [-0.39, 0.29) is 5.91 Å². The van der Waals surface area contributed by atoms with Crippen molar-refractivity contribution in [1.29, 1.82) is 5.26 Å². The van der Waals surface area contributed by atoms with Gasteiger partial charge >= 0.3 is 0 Å². The summed E-state index contributed by atoms with van der Waals surface area (Å²) in [5.41, 5.74) is 1.87. The van der Waals surface area contributed by atoms with Crippen LogP contribution >= 0.6 is 0 Å². The fourth-order valence-electron chi connectivity index (χ4n) is 1.55. The highest BCUT2D eigenvalue weighted by Gasteiger charge is 2.17. The number of amides is 1. The highest BCUT2D eigenvalue weighted by molar-refractivity contribution is 5.84. The number of aromatic nitrogens is 2. The maximum Gasteiger partial charge on any atom is 0.242 e. The molecule has 0 saturated carbocycles. The third kappa shape index (κ3) is 3.90. The molecule has 0 aliphatic heterocycles. The topological polar surface area (TPSA) is 99.9 Å². The van der Waals surface area contributed by atoms with E-state index in [4.69, 9.17) is 4.74 Å². The van der Waals surface area contributed by atoms with Crippen LogP contribution in [0.15, 0.2) is 0 Å². The molecular weight excluding hydrogens is 258 g/mol. The molecule has 7 heteroatoms. The number of hydrogen-bond acceptors (Lipinski definition) is 6. The van der Waals surface area contributed by atoms with E-state index in [1.54, 1.807) is 27.9 Å². The molecule has 0 spiro atoms. The fourth-order valence-corrected chi connectivity index (χ4v) is 1.55. The molecule has 1 aromatic heterocycles. The van der Waals surface area contributed by atoms with E-state index in [0.717, 1.165) is 5.56 Å². The highest BCUT2D eigenvalue weighted by Crippen LogP contribution is 2.17. The van der Waals surface area contributed by atoms with Crippen molar-refractivity contribution in [3.8, 4) is 6.07 Å². The van der Waals surface area contributed by atoms with Gasteiger partial charge in [0.05, 0.1) is 12.3 Å². The van der Waals surface area contributed by atoms with Crippen molar-refractivity contribution < 1.29 is 9.53 Å². The van der Waals surface area contributed by atoms with Crippen LogP contribution in [0.5, 0.6) is 0 Å². The second-order valence-corrected chi connectivity index (χ2v) is 4.40. The minimum Gasteiger partial charge on any atom is -0.383 e. The Kier molecular flexibility index (Phi) is 5.87. The molecule has 0 aromatic carbocycles. The summed E-state index contributed by atoms with van der Waals surface area (Å²) in [6, 6.07) is 1.57. The third-order valence-corrected chi connectivity index (χ3v) is 2.92. The molecular formula is C13H19N5O2. The second-order valence-electron chi connectivity index (χ2n) is 4.40. The minimum absolute atomic E-state index is 0.189. The van der Waals surface area contributed by atoms with Gasteiger partial charge in [-0.05, 0) is 26.3 Å². The van der Waals surface area contributed by atoms with Crippen LogP contribution in [-0.2, 0) is 9.53 Å². The molecule has 1 atom stereocenters. The molecule has 2 N–H and O–H groups in total. The van der Waals surface area contributed by atoms with Gasteiger partial charge in [-0.2, -0.15) is 10.4 Å². The van der Waals surface area contributed by atoms with Crippen molar-refractivity contribution in [2.75, 3.05) is 25.6 Å². The van der Waals surface area contributed by atoms with Crippen molar-refractivity contribution in [2.24, 2.45) is 0 Å². The number of ether oxygens (including phenoxy) is 1. The Morgan fingerprint density at radius 1 is 1.45 bits per heavy atom. The van der Waals surface area contributed by atoms with Crippen LogP contribution in [0.2, 0.25) is 0 Å². The number of hydrogen-bond donors (Lipinski definition) is 2. The third-order valence-electron chi connectivity index (χ3n) is 2.92. The number of aryl methyl sites for hydroxylation is 1. The van der Waals surface area contributed by atoms with Gasteiger partial charge < -0.3 is 15.4 Å². The second kappa shape index (κ2) is 7.40.